The van der Waals surface area contributed by atoms with E-state index in [-0.39, 0.29) is 12.8 Å². The first-order valence-corrected chi connectivity index (χ1v) is 45.4. The van der Waals surface area contributed by atoms with Gasteiger partial charge in [-0.2, -0.15) is 0 Å². The molecule has 0 radical (unpaired) electrons. The molecule has 19 unspecified atom stereocenters. The van der Waals surface area contributed by atoms with E-state index in [4.69, 9.17) is 94.7 Å². The SMILES string of the molecule is COC(=O)C(C)CC(C)(CC(C)(CC(C)(CC(C)(CC(C)(CC(C)(CC(C)(CC(C)(CC(C)(CC(C)(CC(C)(CC(C)(CC(C)(CC(C)(CC(C)(CC(C)(CC(C)(CC(C)(CC(C)(C)C(=O)OC)C(=O)OC)C(=O)OC)C(=O)OC)C(=O)OC)C(=O)OC)C(=O)OC)C(=O)OC)C(=O)OC)C(=O)OC)C(=O)OC)C(=O)OC)C(=O)OC)C(=O)OC)C(=O)OC)C(=O)OC)C(=O)OC)C(=O)OC)C(=O)OC. The molecule has 0 fully saturated rings. The van der Waals surface area contributed by atoms with Crippen molar-refractivity contribution < 1.29 is 191 Å². The molecule has 0 aromatic rings. The Morgan fingerprint density at radius 1 is 0.136 bits per heavy atom. The molecule has 0 aromatic carbocycles. The molecule has 0 amide bonds. The number of esters is 20. The Balaban J connectivity index is 9.34. The third kappa shape index (κ3) is 30.0. The molecule has 0 aliphatic carbocycles. The molecule has 0 saturated heterocycles. The van der Waals surface area contributed by atoms with Crippen LogP contribution in [0.3, 0.4) is 0 Å². The van der Waals surface area contributed by atoms with Crippen molar-refractivity contribution >= 4 is 119 Å². The van der Waals surface area contributed by atoms with E-state index >= 15 is 47.9 Å². The number of rotatable bonds is 58. The Labute approximate surface area is 824 Å². The number of carbonyl (C=O) groups excluding carboxylic acids is 20. The second-order valence-electron chi connectivity index (χ2n) is 44.1. The van der Waals surface area contributed by atoms with Crippen molar-refractivity contribution in [3.8, 4) is 0 Å². The number of ether oxygens (including phenoxy) is 20. The van der Waals surface area contributed by atoms with Gasteiger partial charge in [0.25, 0.3) is 0 Å². The smallest absolute Gasteiger partial charge is 0.311 e. The van der Waals surface area contributed by atoms with Crippen LogP contribution in [-0.4, -0.2) is 262 Å². The minimum absolute atomic E-state index is 0.243. The van der Waals surface area contributed by atoms with Crippen molar-refractivity contribution in [1.82, 2.24) is 0 Å². The quantitative estimate of drug-likeness (QED) is 0.0403. The van der Waals surface area contributed by atoms with E-state index < -0.39 is 337 Å². The van der Waals surface area contributed by atoms with E-state index in [1.807, 2.05) is 0 Å². The predicted molar refractivity (Wildman–Crippen MR) is 497 cm³/mol. The summed E-state index contributed by atoms with van der Waals surface area (Å²) in [5, 5.41) is 0. The molecule has 802 valence electrons. The zero-order valence-corrected chi connectivity index (χ0v) is 90.8. The summed E-state index contributed by atoms with van der Waals surface area (Å²) < 4.78 is 108. The molecule has 19 atom stereocenters. The lowest BCUT2D eigenvalue weighted by atomic mass is 9.55. The van der Waals surface area contributed by atoms with E-state index in [9.17, 15) is 47.9 Å². The van der Waals surface area contributed by atoms with E-state index in [0.29, 0.717) is 0 Å². The van der Waals surface area contributed by atoms with Gasteiger partial charge < -0.3 is 94.7 Å². The highest BCUT2D eigenvalue weighted by atomic mass is 16.6. The summed E-state index contributed by atoms with van der Waals surface area (Å²) in [7, 11) is 20.7. The van der Waals surface area contributed by atoms with Gasteiger partial charge >= 0.3 is 119 Å². The Hall–Kier alpha value is -10.6. The maximum absolute atomic E-state index is 15.2. The first-order valence-electron chi connectivity index (χ1n) is 45.4. The summed E-state index contributed by atoms with van der Waals surface area (Å²) in [4.78, 5) is 294. The zero-order chi connectivity index (χ0) is 110. The van der Waals surface area contributed by atoms with Crippen LogP contribution in [0.2, 0.25) is 0 Å². The van der Waals surface area contributed by atoms with Crippen LogP contribution >= 0.6 is 0 Å². The summed E-state index contributed by atoms with van der Waals surface area (Å²) in [5.74, 6) is -21.3. The van der Waals surface area contributed by atoms with Crippen molar-refractivity contribution in [1.29, 1.82) is 0 Å². The van der Waals surface area contributed by atoms with Crippen LogP contribution in [-0.2, 0) is 191 Å². The molecule has 0 N–H and O–H groups in total. The van der Waals surface area contributed by atoms with Crippen LogP contribution in [0.4, 0.5) is 0 Å². The van der Waals surface area contributed by atoms with Crippen molar-refractivity contribution in [2.45, 2.75) is 267 Å². The minimum atomic E-state index is -2.23. The van der Waals surface area contributed by atoms with E-state index in [1.165, 1.54) is 145 Å². The number of hydrogen-bond acceptors (Lipinski definition) is 40. The monoisotopic (exact) mass is 2000 g/mol. The fourth-order valence-corrected chi connectivity index (χ4v) is 25.1. The van der Waals surface area contributed by atoms with Crippen LogP contribution < -0.4 is 0 Å². The van der Waals surface area contributed by atoms with E-state index in [0.717, 1.165) is 142 Å². The van der Waals surface area contributed by atoms with Gasteiger partial charge in [0.1, 0.15) is 0 Å². The maximum Gasteiger partial charge on any atom is 0.311 e. The standard InChI is InChI=1S/C100H162O40/c1-61(62(101)121-22)42-83(4,64(103)123-24)44-85(6,66(105)125-26)46-87(8,68(107)127-28)48-89(10,70(109)129-30)50-91(12,72(111)131-32)52-93(14,74(113)133-34)54-95(16,76(115)135-36)56-97(18,78(117)137-38)58-99(20,80(119)139-40)60-100(21,81(120)140-41)59-98(19,79(118)138-39)57-96(17,77(116)136-37)55-94(15,75(114)134-35)53-92(13,73(112)132-33)51-90(11,71(110)130-31)49-88(9,69(108)128-29)47-86(7,67(106)126-27)45-84(5,65(104)124-25)43-82(2,3)63(102)122-23/h61H,42-60H2,1-41H3. The Morgan fingerprint density at radius 2 is 0.221 bits per heavy atom. The molecule has 40 nitrogen and oxygen atoms in total. The van der Waals surface area contributed by atoms with Gasteiger partial charge in [0, 0.05) is 0 Å². The molecule has 0 aliphatic rings. The molecule has 40 heteroatoms. The van der Waals surface area contributed by atoms with E-state index in [2.05, 4.69) is 0 Å². The molecule has 0 rings (SSSR count). The second kappa shape index (κ2) is 49.4. The summed E-state index contributed by atoms with van der Waals surface area (Å²) in [6.45, 7) is 28.6. The van der Waals surface area contributed by atoms with Crippen LogP contribution in [0.15, 0.2) is 0 Å². The summed E-state index contributed by atoms with van der Waals surface area (Å²) in [5.41, 5.74) is -38.8. The van der Waals surface area contributed by atoms with Gasteiger partial charge in [0.15, 0.2) is 0 Å². The average molecular weight is 2000 g/mol. The predicted octanol–water partition coefficient (Wildman–Crippen LogP) is 11.6. The largest absolute Gasteiger partial charge is 0.469 e. The second-order valence-corrected chi connectivity index (χ2v) is 44.1. The Bertz CT molecular complexity index is 4350. The lowest BCUT2D eigenvalue weighted by molar-refractivity contribution is -0.178. The number of carbonyl (C=O) groups is 20. The van der Waals surface area contributed by atoms with Crippen molar-refractivity contribution in [2.24, 2.45) is 109 Å². The summed E-state index contributed by atoms with van der Waals surface area (Å²) in [6.07, 6.45) is -12.2. The fourth-order valence-electron chi connectivity index (χ4n) is 25.1. The molecule has 0 heterocycles. The van der Waals surface area contributed by atoms with Gasteiger partial charge in [0.2, 0.25) is 0 Å². The van der Waals surface area contributed by atoms with Gasteiger partial charge in [-0.05, 0) is 260 Å². The van der Waals surface area contributed by atoms with Crippen molar-refractivity contribution in [2.75, 3.05) is 142 Å². The molecular weight excluding hydrogens is 1840 g/mol. The Morgan fingerprint density at radius 3 is 0.314 bits per heavy atom. The van der Waals surface area contributed by atoms with Gasteiger partial charge in [-0.1, -0.05) is 6.92 Å². The minimum Gasteiger partial charge on any atom is -0.469 e. The lowest BCUT2D eigenvalue weighted by Crippen LogP contribution is -2.52. The van der Waals surface area contributed by atoms with Crippen LogP contribution in [0.1, 0.15) is 267 Å². The van der Waals surface area contributed by atoms with E-state index in [1.54, 1.807) is 0 Å². The lowest BCUT2D eigenvalue weighted by Gasteiger charge is -2.47. The third-order valence-electron chi connectivity index (χ3n) is 28.4. The van der Waals surface area contributed by atoms with Crippen molar-refractivity contribution in [3.05, 3.63) is 0 Å². The number of hydrogen-bond donors (Lipinski definition) is 0. The molecule has 0 saturated carbocycles. The molecule has 0 aliphatic heterocycles. The summed E-state index contributed by atoms with van der Waals surface area (Å²) in [6, 6.07) is 0. The van der Waals surface area contributed by atoms with Crippen LogP contribution in [0, 0.1) is 109 Å². The van der Waals surface area contributed by atoms with Gasteiger partial charge in [-0.15, -0.1) is 0 Å². The zero-order valence-electron chi connectivity index (χ0n) is 90.8. The van der Waals surface area contributed by atoms with Crippen LogP contribution in [0.25, 0.3) is 0 Å². The highest BCUT2D eigenvalue weighted by Gasteiger charge is 2.66. The van der Waals surface area contributed by atoms with Gasteiger partial charge in [0.05, 0.1) is 251 Å². The molecular formula is C100H162O40. The third-order valence-corrected chi connectivity index (χ3v) is 28.4. The number of methoxy groups -OCH3 is 20. The Kier molecular flexibility index (Phi) is 45.7. The highest BCUT2D eigenvalue weighted by Crippen LogP contribution is 2.62. The van der Waals surface area contributed by atoms with Gasteiger partial charge in [-0.25, -0.2) is 0 Å². The highest BCUT2D eigenvalue weighted by molar-refractivity contribution is 5.91. The van der Waals surface area contributed by atoms with Crippen LogP contribution in [0.5, 0.6) is 0 Å². The molecule has 140 heavy (non-hydrogen) atoms. The topological polar surface area (TPSA) is 526 Å². The van der Waals surface area contributed by atoms with Gasteiger partial charge in [-0.3, -0.25) is 95.9 Å². The molecule has 0 spiro atoms. The summed E-state index contributed by atoms with van der Waals surface area (Å²) >= 11 is 0. The molecule has 0 aromatic heterocycles. The van der Waals surface area contributed by atoms with Crippen molar-refractivity contribution in [3.63, 3.8) is 0 Å². The first kappa shape index (κ1) is 129. The maximum atomic E-state index is 15.2. The normalized spacial score (nSPS) is 19.6. The average Bonchev–Trinajstić information content (AvgIpc) is 0.744. The fraction of sp³-hybridized carbons (Fsp3) is 0.800. The molecule has 0 bridgehead atoms. The first-order chi connectivity index (χ1) is 63.7.